The normalized spacial score (nSPS) is 9.88. The smallest absolute Gasteiger partial charge is 0.377 e. The maximum absolute atomic E-state index is 13.1. The summed E-state index contributed by atoms with van der Waals surface area (Å²) in [5.41, 5.74) is -1.99. The van der Waals surface area contributed by atoms with Crippen LogP contribution in [-0.2, 0) is 4.79 Å². The third-order valence-corrected chi connectivity index (χ3v) is 1.73. The molecule has 0 amide bonds. The van der Waals surface area contributed by atoms with Gasteiger partial charge in [-0.3, -0.25) is 4.79 Å². The van der Waals surface area contributed by atoms with E-state index in [0.29, 0.717) is 0 Å². The molecule has 0 unspecified atom stereocenters. The van der Waals surface area contributed by atoms with E-state index in [0.717, 1.165) is 0 Å². The number of hydrogen-bond donors (Lipinski definition) is 2. The first kappa shape index (κ1) is 11.8. The van der Waals surface area contributed by atoms with Gasteiger partial charge in [0.15, 0.2) is 0 Å². The third-order valence-electron chi connectivity index (χ3n) is 1.73. The number of ketones is 1. The van der Waals surface area contributed by atoms with E-state index < -0.39 is 40.5 Å². The number of rotatable bonds is 3. The van der Waals surface area contributed by atoms with Crippen LogP contribution in [0, 0.1) is 11.6 Å². The van der Waals surface area contributed by atoms with Crippen LogP contribution in [0.2, 0.25) is 0 Å². The van der Waals surface area contributed by atoms with Crippen molar-refractivity contribution < 1.29 is 33.4 Å². The van der Waals surface area contributed by atoms with Gasteiger partial charge in [0.2, 0.25) is 0 Å². The molecular weight excluding hydrogens is 226 g/mol. The molecule has 0 aliphatic heterocycles. The molecule has 0 aliphatic carbocycles. The molecule has 1 aromatic rings. The Morgan fingerprint density at radius 3 is 1.81 bits per heavy atom. The second kappa shape index (κ2) is 4.05. The van der Waals surface area contributed by atoms with Crippen molar-refractivity contribution in [2.45, 2.75) is 0 Å². The average Bonchev–Trinajstić information content (AvgIpc) is 2.19. The standard InChI is InChI=1S/C9H4F2O5/c10-5-2-4(8(13)14)6(11)1-3(5)7(12)9(15)16/h1-2H,(H,13,14)(H,15,16). The first-order chi connectivity index (χ1) is 7.34. The molecular formula is C9H4F2O5. The molecule has 1 rings (SSSR count). The molecule has 0 heterocycles. The zero-order valence-electron chi connectivity index (χ0n) is 7.53. The maximum atomic E-state index is 13.1. The van der Waals surface area contributed by atoms with Crippen molar-refractivity contribution in [3.05, 3.63) is 34.9 Å². The highest BCUT2D eigenvalue weighted by Crippen LogP contribution is 2.15. The van der Waals surface area contributed by atoms with E-state index in [1.165, 1.54) is 0 Å². The van der Waals surface area contributed by atoms with Gasteiger partial charge in [-0.1, -0.05) is 0 Å². The third kappa shape index (κ3) is 2.02. The van der Waals surface area contributed by atoms with Gasteiger partial charge >= 0.3 is 11.9 Å². The van der Waals surface area contributed by atoms with Gasteiger partial charge in [-0.05, 0) is 12.1 Å². The fourth-order valence-electron chi connectivity index (χ4n) is 1.000. The van der Waals surface area contributed by atoms with E-state index in [1.807, 2.05) is 0 Å². The van der Waals surface area contributed by atoms with Gasteiger partial charge in [-0.15, -0.1) is 0 Å². The van der Waals surface area contributed by atoms with Gasteiger partial charge in [0.25, 0.3) is 5.78 Å². The van der Waals surface area contributed by atoms with Crippen LogP contribution in [0.25, 0.3) is 0 Å². The van der Waals surface area contributed by atoms with Crippen molar-refractivity contribution in [1.82, 2.24) is 0 Å². The Bertz CT molecular complexity index is 495. The molecule has 0 saturated heterocycles. The molecule has 84 valence electrons. The number of carbonyl (C=O) groups is 3. The topological polar surface area (TPSA) is 91.7 Å². The average molecular weight is 230 g/mol. The van der Waals surface area contributed by atoms with Crippen molar-refractivity contribution in [2.24, 2.45) is 0 Å². The van der Waals surface area contributed by atoms with Crippen LogP contribution in [0.5, 0.6) is 0 Å². The highest BCUT2D eigenvalue weighted by molar-refractivity contribution is 6.39. The monoisotopic (exact) mass is 230 g/mol. The van der Waals surface area contributed by atoms with Gasteiger partial charge in [0.1, 0.15) is 11.6 Å². The van der Waals surface area contributed by atoms with E-state index in [-0.39, 0.29) is 12.1 Å². The van der Waals surface area contributed by atoms with E-state index in [1.54, 1.807) is 0 Å². The highest BCUT2D eigenvalue weighted by atomic mass is 19.1. The molecule has 5 nitrogen and oxygen atoms in total. The molecule has 2 N–H and O–H groups in total. The van der Waals surface area contributed by atoms with Crippen LogP contribution >= 0.6 is 0 Å². The Morgan fingerprint density at radius 1 is 0.938 bits per heavy atom. The first-order valence-corrected chi connectivity index (χ1v) is 3.84. The molecule has 1 aromatic carbocycles. The lowest BCUT2D eigenvalue weighted by Gasteiger charge is -2.02. The Kier molecular flexibility index (Phi) is 2.98. The predicted molar refractivity (Wildman–Crippen MR) is 45.3 cm³/mol. The summed E-state index contributed by atoms with van der Waals surface area (Å²) in [7, 11) is 0. The molecule has 0 bridgehead atoms. The van der Waals surface area contributed by atoms with Crippen LogP contribution in [0.3, 0.4) is 0 Å². The number of benzene rings is 1. The van der Waals surface area contributed by atoms with Crippen LogP contribution in [0.15, 0.2) is 12.1 Å². The van der Waals surface area contributed by atoms with E-state index >= 15 is 0 Å². The SMILES string of the molecule is O=C(O)C(=O)c1cc(F)c(C(=O)O)cc1F. The quantitative estimate of drug-likeness (QED) is 0.595. The fourth-order valence-corrected chi connectivity index (χ4v) is 1.000. The van der Waals surface area contributed by atoms with Crippen molar-refractivity contribution in [3.8, 4) is 0 Å². The number of halogens is 2. The molecule has 7 heteroatoms. The first-order valence-electron chi connectivity index (χ1n) is 3.84. The van der Waals surface area contributed by atoms with Crippen molar-refractivity contribution in [3.63, 3.8) is 0 Å². The van der Waals surface area contributed by atoms with E-state index in [4.69, 9.17) is 10.2 Å². The molecule has 0 radical (unpaired) electrons. The molecule has 16 heavy (non-hydrogen) atoms. The van der Waals surface area contributed by atoms with Gasteiger partial charge in [0, 0.05) is 0 Å². The molecule has 0 atom stereocenters. The van der Waals surface area contributed by atoms with Crippen molar-refractivity contribution >= 4 is 17.7 Å². The van der Waals surface area contributed by atoms with Crippen LogP contribution in [0.4, 0.5) is 8.78 Å². The molecule has 0 fully saturated rings. The lowest BCUT2D eigenvalue weighted by atomic mass is 10.1. The number of carboxylic acids is 2. The Morgan fingerprint density at radius 2 is 1.38 bits per heavy atom. The minimum absolute atomic E-state index is 0.245. The Balaban J connectivity index is 3.36. The summed E-state index contributed by atoms with van der Waals surface area (Å²) in [5.74, 6) is -8.09. The number of carbonyl (C=O) groups excluding carboxylic acids is 1. The molecule has 0 spiro atoms. The fraction of sp³-hybridized carbons (Fsp3) is 0. The molecule has 0 aliphatic rings. The second-order valence-corrected chi connectivity index (χ2v) is 2.75. The summed E-state index contributed by atoms with van der Waals surface area (Å²) in [6.07, 6.45) is 0. The van der Waals surface area contributed by atoms with Crippen LogP contribution in [0.1, 0.15) is 20.7 Å². The predicted octanol–water partition coefficient (Wildman–Crippen LogP) is 0.930. The van der Waals surface area contributed by atoms with Crippen molar-refractivity contribution in [1.29, 1.82) is 0 Å². The Labute approximate surface area is 86.9 Å². The number of aliphatic carboxylic acids is 1. The summed E-state index contributed by atoms with van der Waals surface area (Å²) in [5, 5.41) is 16.7. The summed E-state index contributed by atoms with van der Waals surface area (Å²) >= 11 is 0. The Hall–Kier alpha value is -2.31. The number of aromatic carboxylic acids is 1. The summed E-state index contributed by atoms with van der Waals surface area (Å²) in [6, 6.07) is 0.503. The second-order valence-electron chi connectivity index (χ2n) is 2.75. The van der Waals surface area contributed by atoms with Gasteiger partial charge < -0.3 is 10.2 Å². The number of hydrogen-bond acceptors (Lipinski definition) is 3. The lowest BCUT2D eigenvalue weighted by molar-refractivity contribution is -0.131. The summed E-state index contributed by atoms with van der Waals surface area (Å²) in [6.45, 7) is 0. The van der Waals surface area contributed by atoms with E-state index in [2.05, 4.69) is 0 Å². The zero-order chi connectivity index (χ0) is 12.5. The number of Topliss-reactive ketones (excluding diaryl/α,β-unsaturated/α-hetero) is 1. The minimum Gasteiger partial charge on any atom is -0.478 e. The molecule has 0 saturated carbocycles. The van der Waals surface area contributed by atoms with Gasteiger partial charge in [0.05, 0.1) is 11.1 Å². The van der Waals surface area contributed by atoms with Gasteiger partial charge in [-0.25, -0.2) is 18.4 Å². The highest BCUT2D eigenvalue weighted by Gasteiger charge is 2.23. The van der Waals surface area contributed by atoms with E-state index in [9.17, 15) is 23.2 Å². The summed E-state index contributed by atoms with van der Waals surface area (Å²) < 4.78 is 26.1. The van der Waals surface area contributed by atoms with Crippen molar-refractivity contribution in [2.75, 3.05) is 0 Å². The number of carboxylic acid groups (broad SMARTS) is 2. The van der Waals surface area contributed by atoms with Crippen LogP contribution < -0.4 is 0 Å². The lowest BCUT2D eigenvalue weighted by Crippen LogP contribution is -2.16. The van der Waals surface area contributed by atoms with Crippen LogP contribution in [-0.4, -0.2) is 27.9 Å². The van der Waals surface area contributed by atoms with Gasteiger partial charge in [-0.2, -0.15) is 0 Å². The maximum Gasteiger partial charge on any atom is 0.377 e. The zero-order valence-corrected chi connectivity index (χ0v) is 7.53. The summed E-state index contributed by atoms with van der Waals surface area (Å²) in [4.78, 5) is 31.5. The molecule has 0 aromatic heterocycles. The minimum atomic E-state index is -1.96. The largest absolute Gasteiger partial charge is 0.478 e.